The van der Waals surface area contributed by atoms with Crippen LogP contribution in [-0.2, 0) is 23.1 Å². The van der Waals surface area contributed by atoms with Gasteiger partial charge in [0.15, 0.2) is 10.8 Å². The fourth-order valence-electron chi connectivity index (χ4n) is 4.75. The van der Waals surface area contributed by atoms with Gasteiger partial charge in [0.05, 0.1) is 11.6 Å². The summed E-state index contributed by atoms with van der Waals surface area (Å²) in [4.78, 5) is 35.7. The Morgan fingerprint density at radius 1 is 1.21 bits per heavy atom. The molecule has 0 radical (unpaired) electrons. The number of carbonyl (C=O) groups excluding carboxylic acids is 2. The number of hydrogen-bond donors (Lipinski definition) is 2. The van der Waals surface area contributed by atoms with Crippen LogP contribution in [0.1, 0.15) is 48.3 Å². The van der Waals surface area contributed by atoms with Gasteiger partial charge in [-0.1, -0.05) is 56.6 Å². The Labute approximate surface area is 236 Å². The molecule has 0 spiro atoms. The molecular formula is C28H29Cl2N7O2. The van der Waals surface area contributed by atoms with Gasteiger partial charge >= 0.3 is 0 Å². The highest BCUT2D eigenvalue weighted by molar-refractivity contribution is 6.32. The summed E-state index contributed by atoms with van der Waals surface area (Å²) >= 11 is 13.1. The number of aryl methyl sites for hydroxylation is 2. The topological polar surface area (TPSA) is 109 Å². The molecule has 3 aromatic heterocycles. The van der Waals surface area contributed by atoms with Gasteiger partial charge in [-0.15, -0.1) is 0 Å². The van der Waals surface area contributed by atoms with Crippen LogP contribution in [0.5, 0.6) is 0 Å². The van der Waals surface area contributed by atoms with E-state index < -0.39 is 0 Å². The van der Waals surface area contributed by atoms with Crippen molar-refractivity contribution in [3.05, 3.63) is 82.1 Å². The number of imidazole rings is 1. The number of likely N-dealkylation sites (tertiary alicyclic amines) is 1. The van der Waals surface area contributed by atoms with Gasteiger partial charge in [-0.3, -0.25) is 19.3 Å². The standard InChI is InChI=1S/C28H29Cl2N7O2/c1-5-24(38)36-14-16(15-36)32-27(39)25-26(30)33-23(37(25)22-8-6-7-11-31-22)10-9-20-17-12-18(28(2,3)4)19(29)13-21(17)35-34-20/h5-8,11-13,16H,1,9-10,14-15H2,2-4H3,(H,32,39)(H,34,35). The number of fused-ring (bicyclic) bond motifs is 1. The van der Waals surface area contributed by atoms with E-state index in [1.165, 1.54) is 6.08 Å². The molecule has 2 amide bonds. The Balaban J connectivity index is 1.43. The summed E-state index contributed by atoms with van der Waals surface area (Å²) in [6, 6.07) is 9.23. The van der Waals surface area contributed by atoms with Crippen molar-refractivity contribution in [2.24, 2.45) is 0 Å². The summed E-state index contributed by atoms with van der Waals surface area (Å²) in [5, 5.41) is 12.3. The predicted octanol–water partition coefficient (Wildman–Crippen LogP) is 4.66. The molecule has 0 unspecified atom stereocenters. The van der Waals surface area contributed by atoms with Gasteiger partial charge < -0.3 is 10.2 Å². The number of nitrogens with zero attached hydrogens (tertiary/aromatic N) is 5. The highest BCUT2D eigenvalue weighted by Crippen LogP contribution is 2.34. The summed E-state index contributed by atoms with van der Waals surface area (Å²) in [6.07, 6.45) is 3.96. The molecule has 11 heteroatoms. The largest absolute Gasteiger partial charge is 0.344 e. The van der Waals surface area contributed by atoms with Gasteiger partial charge in [0.25, 0.3) is 5.91 Å². The van der Waals surface area contributed by atoms with Crippen molar-refractivity contribution in [1.29, 1.82) is 0 Å². The third-order valence-corrected chi connectivity index (χ3v) is 7.41. The minimum absolute atomic E-state index is 0.0859. The van der Waals surface area contributed by atoms with Crippen molar-refractivity contribution in [2.75, 3.05) is 13.1 Å². The van der Waals surface area contributed by atoms with Gasteiger partial charge in [-0.05, 0) is 47.7 Å². The first kappa shape index (κ1) is 26.9. The van der Waals surface area contributed by atoms with Crippen LogP contribution in [-0.4, -0.2) is 60.6 Å². The quantitative estimate of drug-likeness (QED) is 0.317. The second-order valence-corrected chi connectivity index (χ2v) is 11.4. The van der Waals surface area contributed by atoms with E-state index in [-0.39, 0.29) is 34.1 Å². The molecule has 1 fully saturated rings. The number of amides is 2. The van der Waals surface area contributed by atoms with Crippen LogP contribution in [0.4, 0.5) is 0 Å². The molecule has 202 valence electrons. The lowest BCUT2D eigenvalue weighted by atomic mass is 9.86. The lowest BCUT2D eigenvalue weighted by Gasteiger charge is -2.38. The first-order valence-corrected chi connectivity index (χ1v) is 13.4. The zero-order valence-corrected chi connectivity index (χ0v) is 23.5. The molecule has 1 aromatic carbocycles. The van der Waals surface area contributed by atoms with Crippen molar-refractivity contribution < 1.29 is 9.59 Å². The Kier molecular flexibility index (Phi) is 7.22. The number of rotatable bonds is 7. The lowest BCUT2D eigenvalue weighted by Crippen LogP contribution is -2.60. The molecule has 1 saturated heterocycles. The molecule has 4 aromatic rings. The van der Waals surface area contributed by atoms with Crippen LogP contribution in [0.15, 0.2) is 49.2 Å². The van der Waals surface area contributed by atoms with Crippen molar-refractivity contribution in [1.82, 2.24) is 34.9 Å². The van der Waals surface area contributed by atoms with Gasteiger partial charge in [-0.25, -0.2) is 9.97 Å². The Bertz CT molecular complexity index is 1560. The van der Waals surface area contributed by atoms with Crippen molar-refractivity contribution in [2.45, 2.75) is 45.1 Å². The smallest absolute Gasteiger partial charge is 0.271 e. The van der Waals surface area contributed by atoms with Crippen molar-refractivity contribution in [3.63, 3.8) is 0 Å². The van der Waals surface area contributed by atoms with Crippen LogP contribution in [0.3, 0.4) is 0 Å². The number of aromatic nitrogens is 5. The lowest BCUT2D eigenvalue weighted by molar-refractivity contribution is -0.130. The van der Waals surface area contributed by atoms with E-state index in [1.807, 2.05) is 12.1 Å². The number of carbonyl (C=O) groups is 2. The number of benzene rings is 1. The number of aromatic amines is 1. The van der Waals surface area contributed by atoms with Crippen LogP contribution in [0, 0.1) is 0 Å². The molecule has 2 N–H and O–H groups in total. The van der Waals surface area contributed by atoms with E-state index in [2.05, 4.69) is 58.9 Å². The van der Waals surface area contributed by atoms with Crippen LogP contribution in [0.2, 0.25) is 10.2 Å². The van der Waals surface area contributed by atoms with E-state index in [1.54, 1.807) is 27.8 Å². The number of hydrogen-bond acceptors (Lipinski definition) is 5. The molecule has 0 saturated carbocycles. The molecule has 1 aliphatic heterocycles. The van der Waals surface area contributed by atoms with Crippen LogP contribution < -0.4 is 5.32 Å². The minimum atomic E-state index is -0.378. The maximum absolute atomic E-state index is 13.4. The Morgan fingerprint density at radius 2 is 1.97 bits per heavy atom. The maximum Gasteiger partial charge on any atom is 0.271 e. The minimum Gasteiger partial charge on any atom is -0.344 e. The third-order valence-electron chi connectivity index (χ3n) is 6.83. The number of halogens is 2. The normalized spacial score (nSPS) is 13.9. The SMILES string of the molecule is C=CC(=O)N1CC(NC(=O)c2c(Cl)nc(CCc3[nH]nc4cc(Cl)c(C(C)(C)C)cc34)n2-c2ccccn2)C1. The van der Waals surface area contributed by atoms with E-state index in [0.29, 0.717) is 42.6 Å². The Morgan fingerprint density at radius 3 is 2.64 bits per heavy atom. The molecule has 0 atom stereocenters. The highest BCUT2D eigenvalue weighted by Gasteiger charge is 2.33. The molecular weight excluding hydrogens is 537 g/mol. The van der Waals surface area contributed by atoms with E-state index in [0.717, 1.165) is 22.2 Å². The fraction of sp³-hybridized carbons (Fsp3) is 0.321. The summed E-state index contributed by atoms with van der Waals surface area (Å²) < 4.78 is 1.69. The first-order valence-electron chi connectivity index (χ1n) is 12.6. The van der Waals surface area contributed by atoms with Crippen LogP contribution in [0.25, 0.3) is 16.7 Å². The fourth-order valence-corrected chi connectivity index (χ4v) is 5.46. The van der Waals surface area contributed by atoms with E-state index in [4.69, 9.17) is 23.2 Å². The number of H-pyrrole nitrogens is 1. The van der Waals surface area contributed by atoms with Gasteiger partial charge in [0, 0.05) is 41.8 Å². The summed E-state index contributed by atoms with van der Waals surface area (Å²) in [7, 11) is 0. The third kappa shape index (κ3) is 5.29. The van der Waals surface area contributed by atoms with Gasteiger partial charge in [-0.2, -0.15) is 5.10 Å². The highest BCUT2D eigenvalue weighted by atomic mass is 35.5. The monoisotopic (exact) mass is 565 g/mol. The van der Waals surface area contributed by atoms with Crippen LogP contribution >= 0.6 is 23.2 Å². The zero-order valence-electron chi connectivity index (χ0n) is 22.0. The van der Waals surface area contributed by atoms with E-state index in [9.17, 15) is 9.59 Å². The zero-order chi connectivity index (χ0) is 27.9. The summed E-state index contributed by atoms with van der Waals surface area (Å²) in [6.45, 7) is 10.7. The molecule has 4 heterocycles. The second kappa shape index (κ2) is 10.5. The maximum atomic E-state index is 13.4. The average Bonchev–Trinajstić information content (AvgIpc) is 3.42. The molecule has 0 bridgehead atoms. The average molecular weight is 566 g/mol. The second-order valence-electron chi connectivity index (χ2n) is 10.6. The molecule has 0 aliphatic carbocycles. The van der Waals surface area contributed by atoms with Crippen molar-refractivity contribution >= 4 is 45.9 Å². The van der Waals surface area contributed by atoms with Gasteiger partial charge in [0.2, 0.25) is 5.91 Å². The summed E-state index contributed by atoms with van der Waals surface area (Å²) in [5.74, 6) is 0.582. The Hall–Kier alpha value is -3.69. The first-order chi connectivity index (χ1) is 18.6. The predicted molar refractivity (Wildman–Crippen MR) is 152 cm³/mol. The number of nitrogens with one attached hydrogen (secondary N) is 2. The number of pyridine rings is 1. The molecule has 1 aliphatic rings. The summed E-state index contributed by atoms with van der Waals surface area (Å²) in [5.41, 5.74) is 2.85. The molecule has 39 heavy (non-hydrogen) atoms. The molecule has 9 nitrogen and oxygen atoms in total. The van der Waals surface area contributed by atoms with E-state index >= 15 is 0 Å². The van der Waals surface area contributed by atoms with Gasteiger partial charge in [0.1, 0.15) is 11.6 Å². The van der Waals surface area contributed by atoms with Crippen molar-refractivity contribution in [3.8, 4) is 5.82 Å². The molecule has 5 rings (SSSR count).